The molecule has 0 bridgehead atoms. The average molecular weight is 335 g/mol. The highest BCUT2D eigenvalue weighted by molar-refractivity contribution is 7.21. The zero-order valence-electron chi connectivity index (χ0n) is 12.8. The van der Waals surface area contributed by atoms with Crippen molar-refractivity contribution >= 4 is 21.6 Å². The molecule has 4 aromatic rings. The molecule has 0 aliphatic heterocycles. The zero-order valence-corrected chi connectivity index (χ0v) is 13.6. The van der Waals surface area contributed by atoms with E-state index in [0.29, 0.717) is 6.61 Å². The van der Waals surface area contributed by atoms with Crippen molar-refractivity contribution in [3.63, 3.8) is 0 Å². The Hall–Kier alpha value is -2.72. The Labute approximate surface area is 143 Å². The monoisotopic (exact) mass is 335 g/mol. The van der Waals surface area contributed by atoms with Gasteiger partial charge in [-0.25, -0.2) is 9.37 Å². The Kier molecular flexibility index (Phi) is 3.97. The van der Waals surface area contributed by atoms with E-state index in [1.54, 1.807) is 17.4 Å². The fourth-order valence-electron chi connectivity index (χ4n) is 2.54. The lowest BCUT2D eigenvalue weighted by molar-refractivity contribution is 0.307. The SMILES string of the molecule is Fc1cccc(COc2ccccc2-c2nc3ccccc3s2)c1. The lowest BCUT2D eigenvalue weighted by Gasteiger charge is -2.10. The summed E-state index contributed by atoms with van der Waals surface area (Å²) in [5.41, 5.74) is 2.74. The maximum Gasteiger partial charge on any atom is 0.130 e. The molecular weight excluding hydrogens is 321 g/mol. The first-order chi connectivity index (χ1) is 11.8. The number of nitrogens with zero attached hydrogens (tertiary/aromatic N) is 1. The minimum absolute atomic E-state index is 0.254. The standard InChI is InChI=1S/C20H14FNOS/c21-15-7-5-6-14(12-15)13-23-18-10-3-1-8-16(18)20-22-17-9-2-4-11-19(17)24-20/h1-12H,13H2. The summed E-state index contributed by atoms with van der Waals surface area (Å²) in [5, 5.41) is 0.922. The third kappa shape index (κ3) is 3.01. The number of ether oxygens (including phenoxy) is 1. The summed E-state index contributed by atoms with van der Waals surface area (Å²) in [5.74, 6) is 0.497. The van der Waals surface area contributed by atoms with Gasteiger partial charge < -0.3 is 4.74 Å². The molecule has 3 aromatic carbocycles. The van der Waals surface area contributed by atoms with Crippen LogP contribution in [0.2, 0.25) is 0 Å². The number of benzene rings is 3. The molecule has 4 rings (SSSR count). The topological polar surface area (TPSA) is 22.1 Å². The first-order valence-corrected chi connectivity index (χ1v) is 8.43. The van der Waals surface area contributed by atoms with Gasteiger partial charge in [0.2, 0.25) is 0 Å². The molecule has 118 valence electrons. The minimum Gasteiger partial charge on any atom is -0.488 e. The molecule has 0 saturated heterocycles. The van der Waals surface area contributed by atoms with Crippen molar-refractivity contribution in [1.29, 1.82) is 0 Å². The summed E-state index contributed by atoms with van der Waals surface area (Å²) in [6.45, 7) is 0.319. The van der Waals surface area contributed by atoms with E-state index in [2.05, 4.69) is 6.07 Å². The number of hydrogen-bond acceptors (Lipinski definition) is 3. The normalized spacial score (nSPS) is 10.9. The van der Waals surface area contributed by atoms with Crippen molar-refractivity contribution in [2.75, 3.05) is 0 Å². The third-order valence-corrected chi connectivity index (χ3v) is 4.76. The van der Waals surface area contributed by atoms with Gasteiger partial charge in [0, 0.05) is 0 Å². The molecule has 0 aliphatic rings. The first-order valence-electron chi connectivity index (χ1n) is 7.62. The average Bonchev–Trinajstić information content (AvgIpc) is 3.04. The number of para-hydroxylation sites is 2. The predicted octanol–water partition coefficient (Wildman–Crippen LogP) is 5.68. The van der Waals surface area contributed by atoms with E-state index in [-0.39, 0.29) is 5.82 Å². The Morgan fingerprint density at radius 1 is 0.917 bits per heavy atom. The lowest BCUT2D eigenvalue weighted by Crippen LogP contribution is -1.97. The maximum atomic E-state index is 13.3. The van der Waals surface area contributed by atoms with Crippen LogP contribution in [-0.4, -0.2) is 4.98 Å². The largest absolute Gasteiger partial charge is 0.488 e. The van der Waals surface area contributed by atoms with Gasteiger partial charge in [-0.3, -0.25) is 0 Å². The highest BCUT2D eigenvalue weighted by atomic mass is 32.1. The molecule has 0 amide bonds. The van der Waals surface area contributed by atoms with Gasteiger partial charge in [0.15, 0.2) is 0 Å². The van der Waals surface area contributed by atoms with Gasteiger partial charge in [0.25, 0.3) is 0 Å². The summed E-state index contributed by atoms with van der Waals surface area (Å²) in [4.78, 5) is 4.69. The molecule has 1 heterocycles. The van der Waals surface area contributed by atoms with Crippen molar-refractivity contribution in [3.05, 3.63) is 84.2 Å². The molecule has 2 nitrogen and oxygen atoms in total. The molecule has 0 aliphatic carbocycles. The molecule has 0 radical (unpaired) electrons. The van der Waals surface area contributed by atoms with Crippen LogP contribution in [0.3, 0.4) is 0 Å². The van der Waals surface area contributed by atoms with Crippen LogP contribution in [0.1, 0.15) is 5.56 Å². The van der Waals surface area contributed by atoms with Gasteiger partial charge in [0.05, 0.1) is 15.8 Å². The maximum absolute atomic E-state index is 13.3. The molecule has 0 fully saturated rings. The molecule has 0 unspecified atom stereocenters. The highest BCUT2D eigenvalue weighted by Crippen LogP contribution is 2.35. The number of hydrogen-bond donors (Lipinski definition) is 0. The van der Waals surface area contributed by atoms with Crippen LogP contribution in [0.5, 0.6) is 5.75 Å². The Balaban J connectivity index is 1.65. The molecule has 1 aromatic heterocycles. The van der Waals surface area contributed by atoms with Crippen LogP contribution < -0.4 is 4.74 Å². The fraction of sp³-hybridized carbons (Fsp3) is 0.0500. The minimum atomic E-state index is -0.254. The second-order valence-corrected chi connectivity index (χ2v) is 6.43. The molecule has 0 atom stereocenters. The van der Waals surface area contributed by atoms with Crippen LogP contribution in [0.4, 0.5) is 4.39 Å². The Bertz CT molecular complexity index is 963. The lowest BCUT2D eigenvalue weighted by atomic mass is 10.2. The van der Waals surface area contributed by atoms with Crippen molar-refractivity contribution in [3.8, 4) is 16.3 Å². The third-order valence-electron chi connectivity index (χ3n) is 3.69. The van der Waals surface area contributed by atoms with E-state index >= 15 is 0 Å². The van der Waals surface area contributed by atoms with Crippen molar-refractivity contribution in [2.24, 2.45) is 0 Å². The van der Waals surface area contributed by atoms with E-state index < -0.39 is 0 Å². The summed E-state index contributed by atoms with van der Waals surface area (Å²) in [7, 11) is 0. The Morgan fingerprint density at radius 2 is 1.75 bits per heavy atom. The molecule has 0 spiro atoms. The van der Waals surface area contributed by atoms with E-state index in [1.165, 1.54) is 12.1 Å². The second kappa shape index (κ2) is 6.42. The van der Waals surface area contributed by atoms with Crippen molar-refractivity contribution < 1.29 is 9.13 Å². The Morgan fingerprint density at radius 3 is 2.62 bits per heavy atom. The highest BCUT2D eigenvalue weighted by Gasteiger charge is 2.11. The predicted molar refractivity (Wildman–Crippen MR) is 95.8 cm³/mol. The van der Waals surface area contributed by atoms with Crippen LogP contribution in [0, 0.1) is 5.82 Å². The van der Waals surface area contributed by atoms with Gasteiger partial charge >= 0.3 is 0 Å². The molecule has 0 saturated carbocycles. The van der Waals surface area contributed by atoms with Gasteiger partial charge in [-0.1, -0.05) is 36.4 Å². The van der Waals surface area contributed by atoms with Crippen LogP contribution in [0.25, 0.3) is 20.8 Å². The van der Waals surface area contributed by atoms with Crippen LogP contribution in [-0.2, 0) is 6.61 Å². The summed E-state index contributed by atoms with van der Waals surface area (Å²) < 4.78 is 20.4. The van der Waals surface area contributed by atoms with E-state index in [1.807, 2.05) is 48.5 Å². The zero-order chi connectivity index (χ0) is 16.4. The molecule has 4 heteroatoms. The summed E-state index contributed by atoms with van der Waals surface area (Å²) in [6.07, 6.45) is 0. The number of fused-ring (bicyclic) bond motifs is 1. The van der Waals surface area contributed by atoms with Gasteiger partial charge in [0.1, 0.15) is 23.2 Å². The number of halogens is 1. The first kappa shape index (κ1) is 14.8. The quantitative estimate of drug-likeness (QED) is 0.478. The molecule has 24 heavy (non-hydrogen) atoms. The van der Waals surface area contributed by atoms with Crippen LogP contribution in [0.15, 0.2) is 72.8 Å². The van der Waals surface area contributed by atoms with E-state index in [9.17, 15) is 4.39 Å². The van der Waals surface area contributed by atoms with E-state index in [0.717, 1.165) is 32.1 Å². The van der Waals surface area contributed by atoms with Crippen molar-refractivity contribution in [2.45, 2.75) is 6.61 Å². The molecule has 0 N–H and O–H groups in total. The van der Waals surface area contributed by atoms with Gasteiger partial charge in [-0.2, -0.15) is 0 Å². The van der Waals surface area contributed by atoms with Gasteiger partial charge in [-0.05, 0) is 42.0 Å². The van der Waals surface area contributed by atoms with Gasteiger partial charge in [-0.15, -0.1) is 11.3 Å². The number of thiazole rings is 1. The summed E-state index contributed by atoms with van der Waals surface area (Å²) >= 11 is 1.64. The number of aromatic nitrogens is 1. The van der Waals surface area contributed by atoms with E-state index in [4.69, 9.17) is 9.72 Å². The van der Waals surface area contributed by atoms with Crippen LogP contribution >= 0.6 is 11.3 Å². The molecular formula is C20H14FNOS. The fourth-order valence-corrected chi connectivity index (χ4v) is 3.54. The van der Waals surface area contributed by atoms with Crippen molar-refractivity contribution in [1.82, 2.24) is 4.98 Å². The smallest absolute Gasteiger partial charge is 0.130 e. The second-order valence-electron chi connectivity index (χ2n) is 5.40. The summed E-state index contributed by atoms with van der Waals surface area (Å²) in [6, 6.07) is 22.3. The number of rotatable bonds is 4.